The van der Waals surface area contributed by atoms with Gasteiger partial charge in [0.1, 0.15) is 0 Å². The summed E-state index contributed by atoms with van der Waals surface area (Å²) < 4.78 is 1.94. The minimum atomic E-state index is 0.0535. The number of halogens is 1. The van der Waals surface area contributed by atoms with Crippen LogP contribution in [0.5, 0.6) is 0 Å². The Kier molecular flexibility index (Phi) is 5.82. The molecule has 0 bridgehead atoms. The van der Waals surface area contributed by atoms with Crippen molar-refractivity contribution in [3.05, 3.63) is 16.4 Å². The fraction of sp³-hybridized carbons (Fsp3) is 0.692. The second-order valence-electron chi connectivity index (χ2n) is 4.85. The van der Waals surface area contributed by atoms with Crippen molar-refractivity contribution in [2.24, 2.45) is 11.7 Å². The highest BCUT2D eigenvalue weighted by molar-refractivity contribution is 6.31. The van der Waals surface area contributed by atoms with Crippen molar-refractivity contribution < 1.29 is 0 Å². The molecule has 19 heavy (non-hydrogen) atoms. The standard InChI is InChI=1S/C13H24ClN5/c1-5-18(7-9(3)13(15)16)8-11-12(14)10(4)17-19(11)6-2/h9H,5-8H2,1-4H3,(H3,15,16). The normalized spacial score (nSPS) is 12.9. The number of rotatable bonds is 7. The van der Waals surface area contributed by atoms with Crippen LogP contribution < -0.4 is 5.73 Å². The van der Waals surface area contributed by atoms with Gasteiger partial charge in [0, 0.05) is 25.6 Å². The van der Waals surface area contributed by atoms with Crippen LogP contribution in [0.1, 0.15) is 32.2 Å². The van der Waals surface area contributed by atoms with E-state index in [1.165, 1.54) is 0 Å². The lowest BCUT2D eigenvalue weighted by molar-refractivity contribution is 0.255. The van der Waals surface area contributed by atoms with Gasteiger partial charge in [0.05, 0.1) is 22.2 Å². The summed E-state index contributed by atoms with van der Waals surface area (Å²) in [5, 5.41) is 12.6. The van der Waals surface area contributed by atoms with Gasteiger partial charge in [0.15, 0.2) is 0 Å². The largest absolute Gasteiger partial charge is 0.387 e. The van der Waals surface area contributed by atoms with Gasteiger partial charge < -0.3 is 5.73 Å². The average Bonchev–Trinajstić information content (AvgIpc) is 2.64. The topological polar surface area (TPSA) is 70.9 Å². The Labute approximate surface area is 120 Å². The van der Waals surface area contributed by atoms with Crippen molar-refractivity contribution in [2.45, 2.75) is 40.8 Å². The first-order valence-corrected chi connectivity index (χ1v) is 7.06. The third-order valence-corrected chi connectivity index (χ3v) is 3.83. The summed E-state index contributed by atoms with van der Waals surface area (Å²) in [6.07, 6.45) is 0. The Bertz CT molecular complexity index is 440. The molecule has 1 unspecified atom stereocenters. The van der Waals surface area contributed by atoms with Crippen LogP contribution in [-0.4, -0.2) is 33.6 Å². The molecule has 1 rings (SSSR count). The van der Waals surface area contributed by atoms with E-state index in [0.717, 1.165) is 42.6 Å². The number of hydrogen-bond donors (Lipinski definition) is 2. The number of nitrogens with one attached hydrogen (secondary N) is 1. The van der Waals surface area contributed by atoms with Crippen LogP contribution >= 0.6 is 11.6 Å². The molecule has 108 valence electrons. The number of nitrogens with two attached hydrogens (primary N) is 1. The molecule has 1 heterocycles. The summed E-state index contributed by atoms with van der Waals surface area (Å²) in [5.74, 6) is 0.280. The van der Waals surface area contributed by atoms with Crippen molar-refractivity contribution in [3.8, 4) is 0 Å². The van der Waals surface area contributed by atoms with E-state index >= 15 is 0 Å². The van der Waals surface area contributed by atoms with Crippen LogP contribution in [0.4, 0.5) is 0 Å². The first-order chi connectivity index (χ1) is 8.90. The lowest BCUT2D eigenvalue weighted by Gasteiger charge is -2.24. The molecule has 3 N–H and O–H groups in total. The van der Waals surface area contributed by atoms with Gasteiger partial charge in [-0.05, 0) is 20.4 Å². The fourth-order valence-corrected chi connectivity index (χ4v) is 2.22. The maximum Gasteiger partial charge on any atom is 0.0947 e. The van der Waals surface area contributed by atoms with E-state index in [2.05, 4.69) is 23.8 Å². The highest BCUT2D eigenvalue weighted by Gasteiger charge is 2.17. The quantitative estimate of drug-likeness (QED) is 0.596. The Hall–Kier alpha value is -1.07. The molecule has 0 aliphatic heterocycles. The van der Waals surface area contributed by atoms with Crippen LogP contribution in [0.25, 0.3) is 0 Å². The molecule has 5 nitrogen and oxygen atoms in total. The number of hydrogen-bond acceptors (Lipinski definition) is 3. The van der Waals surface area contributed by atoms with Crippen LogP contribution in [0, 0.1) is 18.3 Å². The summed E-state index contributed by atoms with van der Waals surface area (Å²) in [6, 6.07) is 0. The van der Waals surface area contributed by atoms with Gasteiger partial charge in [0.2, 0.25) is 0 Å². The maximum absolute atomic E-state index is 7.48. The molecule has 0 saturated carbocycles. The van der Waals surface area contributed by atoms with E-state index < -0.39 is 0 Å². The fourth-order valence-electron chi connectivity index (χ4n) is 2.02. The van der Waals surface area contributed by atoms with Gasteiger partial charge in [-0.25, -0.2) is 0 Å². The molecular weight excluding hydrogens is 262 g/mol. The number of aromatic nitrogens is 2. The van der Waals surface area contributed by atoms with E-state index in [9.17, 15) is 0 Å². The molecule has 1 aromatic heterocycles. The molecule has 0 aliphatic carbocycles. The monoisotopic (exact) mass is 285 g/mol. The van der Waals surface area contributed by atoms with Crippen molar-refractivity contribution in [2.75, 3.05) is 13.1 Å². The zero-order valence-electron chi connectivity index (χ0n) is 12.2. The zero-order chi connectivity index (χ0) is 14.6. The third kappa shape index (κ3) is 3.94. The summed E-state index contributed by atoms with van der Waals surface area (Å²) in [5.41, 5.74) is 7.45. The van der Waals surface area contributed by atoms with Crippen molar-refractivity contribution in [1.29, 1.82) is 5.41 Å². The van der Waals surface area contributed by atoms with Gasteiger partial charge in [-0.3, -0.25) is 15.0 Å². The minimum absolute atomic E-state index is 0.0535. The van der Waals surface area contributed by atoms with E-state index in [4.69, 9.17) is 22.7 Å². The molecule has 0 fully saturated rings. The lowest BCUT2D eigenvalue weighted by atomic mass is 10.1. The highest BCUT2D eigenvalue weighted by Crippen LogP contribution is 2.22. The van der Waals surface area contributed by atoms with Crippen molar-refractivity contribution in [3.63, 3.8) is 0 Å². The number of nitrogens with zero attached hydrogens (tertiary/aromatic N) is 3. The van der Waals surface area contributed by atoms with E-state index in [1.54, 1.807) is 0 Å². The van der Waals surface area contributed by atoms with Gasteiger partial charge in [-0.2, -0.15) is 5.10 Å². The average molecular weight is 286 g/mol. The lowest BCUT2D eigenvalue weighted by Crippen LogP contribution is -2.34. The van der Waals surface area contributed by atoms with Crippen molar-refractivity contribution >= 4 is 17.4 Å². The molecule has 0 radical (unpaired) electrons. The molecule has 6 heteroatoms. The summed E-state index contributed by atoms with van der Waals surface area (Å²) in [7, 11) is 0. The second kappa shape index (κ2) is 6.91. The molecule has 0 aromatic carbocycles. The van der Waals surface area contributed by atoms with Gasteiger partial charge in [-0.1, -0.05) is 25.4 Å². The van der Waals surface area contributed by atoms with Gasteiger partial charge in [-0.15, -0.1) is 0 Å². The third-order valence-electron chi connectivity index (χ3n) is 3.34. The van der Waals surface area contributed by atoms with Crippen LogP contribution in [-0.2, 0) is 13.1 Å². The maximum atomic E-state index is 7.48. The molecule has 1 aromatic rings. The Morgan fingerprint density at radius 1 is 1.53 bits per heavy atom. The molecule has 0 spiro atoms. The molecular formula is C13H24ClN5. The first kappa shape index (κ1) is 16.0. The zero-order valence-corrected chi connectivity index (χ0v) is 13.0. The van der Waals surface area contributed by atoms with Crippen LogP contribution in [0.3, 0.4) is 0 Å². The number of aryl methyl sites for hydroxylation is 2. The van der Waals surface area contributed by atoms with Crippen LogP contribution in [0.2, 0.25) is 5.02 Å². The predicted octanol–water partition coefficient (Wildman–Crippen LogP) is 2.26. The molecule has 0 amide bonds. The highest BCUT2D eigenvalue weighted by atomic mass is 35.5. The van der Waals surface area contributed by atoms with E-state index in [1.807, 2.05) is 18.5 Å². The van der Waals surface area contributed by atoms with Gasteiger partial charge >= 0.3 is 0 Å². The second-order valence-corrected chi connectivity index (χ2v) is 5.22. The summed E-state index contributed by atoms with van der Waals surface area (Å²) in [4.78, 5) is 2.24. The molecule has 0 saturated heterocycles. The Morgan fingerprint density at radius 3 is 2.63 bits per heavy atom. The Morgan fingerprint density at radius 2 is 2.16 bits per heavy atom. The number of amidine groups is 1. The Balaban J connectivity index is 2.84. The van der Waals surface area contributed by atoms with E-state index in [-0.39, 0.29) is 11.8 Å². The van der Waals surface area contributed by atoms with Crippen molar-refractivity contribution in [1.82, 2.24) is 14.7 Å². The summed E-state index contributed by atoms with van der Waals surface area (Å²) in [6.45, 7) is 11.2. The summed E-state index contributed by atoms with van der Waals surface area (Å²) >= 11 is 6.32. The molecule has 0 aliphatic rings. The smallest absolute Gasteiger partial charge is 0.0947 e. The van der Waals surface area contributed by atoms with Crippen LogP contribution in [0.15, 0.2) is 0 Å². The minimum Gasteiger partial charge on any atom is -0.387 e. The van der Waals surface area contributed by atoms with E-state index in [0.29, 0.717) is 0 Å². The molecule has 1 atom stereocenters. The van der Waals surface area contributed by atoms with Gasteiger partial charge in [0.25, 0.3) is 0 Å². The predicted molar refractivity (Wildman–Crippen MR) is 79.7 cm³/mol. The SMILES string of the molecule is CCN(Cc1c(Cl)c(C)nn1CC)CC(C)C(=N)N. The first-order valence-electron chi connectivity index (χ1n) is 6.68.